The minimum absolute atomic E-state index is 0.0463. The molecule has 0 aliphatic heterocycles. The molecule has 0 aromatic heterocycles. The van der Waals surface area contributed by atoms with Crippen LogP contribution in [0.3, 0.4) is 0 Å². The van der Waals surface area contributed by atoms with Crippen LogP contribution in [0.1, 0.15) is 0 Å². The van der Waals surface area contributed by atoms with Crippen LogP contribution in [-0.4, -0.2) is 6.54 Å². The van der Waals surface area contributed by atoms with E-state index >= 15 is 0 Å². The molecular formula is C7H6O2. The van der Waals surface area contributed by atoms with Gasteiger partial charge in [0.15, 0.2) is 5.75 Å². The fourth-order valence-corrected chi connectivity index (χ4v) is 0.514. The first kappa shape index (κ1) is 4.56. The zero-order chi connectivity index (χ0) is 7.40. The van der Waals surface area contributed by atoms with Crippen molar-refractivity contribution in [3.8, 4) is 5.75 Å². The summed E-state index contributed by atoms with van der Waals surface area (Å²) < 4.78 is 6.47. The average Bonchev–Trinajstić information content (AvgIpc) is 2.13. The van der Waals surface area contributed by atoms with Gasteiger partial charge in [0.1, 0.15) is 0 Å². The van der Waals surface area contributed by atoms with Gasteiger partial charge in [-0.2, -0.15) is 0 Å². The Hall–Kier alpha value is -1.31. The van der Waals surface area contributed by atoms with Gasteiger partial charge in [-0.1, -0.05) is 18.2 Å². The van der Waals surface area contributed by atoms with Crippen LogP contribution >= 0.6 is 0 Å². The van der Waals surface area contributed by atoms with Crippen molar-refractivity contribution in [2.45, 2.75) is 0 Å². The lowest BCUT2D eigenvalue weighted by Crippen LogP contribution is -1.90. The number of rotatable bonds is 1. The van der Waals surface area contributed by atoms with Crippen molar-refractivity contribution in [2.75, 3.05) is 0 Å². The van der Waals surface area contributed by atoms with Crippen LogP contribution in [0, 0.1) is 0 Å². The molecule has 0 radical (unpaired) electrons. The second-order valence-electron chi connectivity index (χ2n) is 1.64. The SMILES string of the molecule is [2H]Oc1cccccc1=O. The summed E-state index contributed by atoms with van der Waals surface area (Å²) in [6.45, 7) is 0. The molecule has 0 saturated heterocycles. The van der Waals surface area contributed by atoms with E-state index in [4.69, 9.17) is 1.43 Å². The molecule has 0 bridgehead atoms. The van der Waals surface area contributed by atoms with E-state index in [-0.39, 0.29) is 11.2 Å². The molecule has 1 N–H and O–H groups in total. The van der Waals surface area contributed by atoms with Crippen molar-refractivity contribution in [1.82, 2.24) is 0 Å². The van der Waals surface area contributed by atoms with Crippen LogP contribution in [0.4, 0.5) is 0 Å². The summed E-state index contributed by atoms with van der Waals surface area (Å²) in [7, 11) is 0. The van der Waals surface area contributed by atoms with Gasteiger partial charge in [-0.15, -0.1) is 0 Å². The van der Waals surface area contributed by atoms with Crippen LogP contribution in [0.25, 0.3) is 0 Å². The van der Waals surface area contributed by atoms with E-state index in [9.17, 15) is 4.79 Å². The fraction of sp³-hybridized carbons (Fsp3) is 0. The zero-order valence-electron chi connectivity index (χ0n) is 5.70. The summed E-state index contributed by atoms with van der Waals surface area (Å²) in [5, 5.41) is 4.04. The second kappa shape index (κ2) is 2.31. The van der Waals surface area contributed by atoms with Gasteiger partial charge in [0.2, 0.25) is 5.43 Å². The van der Waals surface area contributed by atoms with Crippen molar-refractivity contribution < 1.29 is 5.11 Å². The maximum atomic E-state index is 10.8. The van der Waals surface area contributed by atoms with Crippen molar-refractivity contribution in [3.05, 3.63) is 40.6 Å². The minimum atomic E-state index is -0.278. The molecule has 0 heterocycles. The standard InChI is InChI=1S/C7H6O2/c8-6-4-2-1-3-5-7(6)9/h1-5H,(H,8,9)/i/hD. The third-order valence-corrected chi connectivity index (χ3v) is 0.960. The Bertz CT molecular complexity index is 272. The number of aromatic hydroxyl groups is 1. The summed E-state index contributed by atoms with van der Waals surface area (Å²) >= 11 is 0. The molecule has 0 saturated carbocycles. The van der Waals surface area contributed by atoms with E-state index in [1.54, 1.807) is 18.2 Å². The quantitative estimate of drug-likeness (QED) is 0.598. The molecular weight excluding hydrogens is 116 g/mol. The largest absolute Gasteiger partial charge is 0.504 e. The van der Waals surface area contributed by atoms with Gasteiger partial charge < -0.3 is 5.11 Å². The number of hydrogen-bond donors (Lipinski definition) is 1. The molecule has 2 heteroatoms. The van der Waals surface area contributed by atoms with Crippen molar-refractivity contribution in [3.63, 3.8) is 0 Å². The number of hydrogen-bond acceptors (Lipinski definition) is 2. The molecule has 0 fully saturated rings. The molecule has 1 aromatic carbocycles. The summed E-state index contributed by atoms with van der Waals surface area (Å²) in [4.78, 5) is 10.8. The van der Waals surface area contributed by atoms with Crippen molar-refractivity contribution in [2.24, 2.45) is 0 Å². The Morgan fingerprint density at radius 2 is 2.11 bits per heavy atom. The monoisotopic (exact) mass is 123 g/mol. The predicted molar refractivity (Wildman–Crippen MR) is 34.4 cm³/mol. The molecule has 0 unspecified atom stereocenters. The first-order valence-corrected chi connectivity index (χ1v) is 2.57. The van der Waals surface area contributed by atoms with E-state index in [2.05, 4.69) is 5.11 Å². The Balaban J connectivity index is 3.28. The summed E-state index contributed by atoms with van der Waals surface area (Å²) in [5.74, 6) is 0.0463. The van der Waals surface area contributed by atoms with E-state index in [0.717, 1.165) is 0 Å². The summed E-state index contributed by atoms with van der Waals surface area (Å²) in [6, 6.07) is 7.75. The molecule has 0 amide bonds. The van der Waals surface area contributed by atoms with Gasteiger partial charge in [-0.3, -0.25) is 4.79 Å². The Morgan fingerprint density at radius 1 is 1.33 bits per heavy atom. The second-order valence-corrected chi connectivity index (χ2v) is 1.64. The lowest BCUT2D eigenvalue weighted by atomic mass is 10.5. The van der Waals surface area contributed by atoms with E-state index in [1.165, 1.54) is 12.1 Å². The summed E-state index contributed by atoms with van der Waals surface area (Å²) in [6.07, 6.45) is 0. The van der Waals surface area contributed by atoms with Crippen LogP contribution < -0.4 is 5.43 Å². The smallest absolute Gasteiger partial charge is 0.293 e. The van der Waals surface area contributed by atoms with E-state index < -0.39 is 0 Å². The topological polar surface area (TPSA) is 37.3 Å². The van der Waals surface area contributed by atoms with Gasteiger partial charge in [-0.05, 0) is 12.1 Å². The normalized spacial score (nSPS) is 10.0. The van der Waals surface area contributed by atoms with Gasteiger partial charge in [-0.25, -0.2) is 0 Å². The average molecular weight is 123 g/mol. The zero-order valence-corrected chi connectivity index (χ0v) is 4.70. The molecule has 0 atom stereocenters. The Kier molecular flexibility index (Phi) is 1.17. The minimum Gasteiger partial charge on any atom is -0.504 e. The molecule has 2 nitrogen and oxygen atoms in total. The highest BCUT2D eigenvalue weighted by atomic mass is 16.3. The highest BCUT2D eigenvalue weighted by Gasteiger charge is 1.85. The van der Waals surface area contributed by atoms with Gasteiger partial charge >= 0.3 is 0 Å². The van der Waals surface area contributed by atoms with Crippen LogP contribution in [0.2, 0.25) is 0 Å². The van der Waals surface area contributed by atoms with Crippen LogP contribution in [-0.2, 0) is 0 Å². The van der Waals surface area contributed by atoms with E-state index in [0.29, 0.717) is 0 Å². The maximum absolute atomic E-state index is 10.8. The van der Waals surface area contributed by atoms with Gasteiger partial charge in [0, 0.05) is 0 Å². The maximum Gasteiger partial charge on any atom is 0.293 e. The fourth-order valence-electron chi connectivity index (χ4n) is 0.514. The first-order chi connectivity index (χ1) is 4.84. The predicted octanol–water partition coefficient (Wildman–Crippen LogP) is 0.752. The highest BCUT2D eigenvalue weighted by Crippen LogP contribution is 1.93. The van der Waals surface area contributed by atoms with Crippen molar-refractivity contribution in [1.29, 1.82) is 1.43 Å². The summed E-state index contributed by atoms with van der Waals surface area (Å²) in [5.41, 5.74) is -0.278. The molecule has 1 aromatic rings. The molecule has 0 aliphatic carbocycles. The van der Waals surface area contributed by atoms with Gasteiger partial charge in [0.05, 0.1) is 0 Å². The molecule has 1 rings (SSSR count). The van der Waals surface area contributed by atoms with Crippen molar-refractivity contribution >= 4 is 0 Å². The Labute approximate surface area is 53.9 Å². The lowest BCUT2D eigenvalue weighted by Gasteiger charge is -1.74. The van der Waals surface area contributed by atoms with Gasteiger partial charge in [0.25, 0.3) is 1.43 Å². The first-order valence-electron chi connectivity index (χ1n) is 2.98. The Morgan fingerprint density at radius 3 is 2.89 bits per heavy atom. The lowest BCUT2D eigenvalue weighted by molar-refractivity contribution is 0.471. The third kappa shape index (κ3) is 1.29. The third-order valence-electron chi connectivity index (χ3n) is 0.960. The molecule has 46 valence electrons. The molecule has 0 spiro atoms. The highest BCUT2D eigenvalue weighted by molar-refractivity contribution is 5.17. The molecule has 0 aliphatic rings. The van der Waals surface area contributed by atoms with Crippen LogP contribution in [0.15, 0.2) is 35.1 Å². The van der Waals surface area contributed by atoms with Crippen LogP contribution in [0.5, 0.6) is 5.75 Å². The molecule has 9 heavy (non-hydrogen) atoms. The van der Waals surface area contributed by atoms with E-state index in [1.807, 2.05) is 0 Å².